The maximum absolute atomic E-state index is 12.4. The molecule has 0 saturated heterocycles. The van der Waals surface area contributed by atoms with Crippen LogP contribution < -0.4 is 4.74 Å². The normalized spacial score (nSPS) is 25.7. The molecule has 0 radical (unpaired) electrons. The molecule has 0 amide bonds. The highest BCUT2D eigenvalue weighted by Gasteiger charge is 2.57. The van der Waals surface area contributed by atoms with Gasteiger partial charge in [0, 0.05) is 30.7 Å². The number of hydrogen-bond acceptors (Lipinski definition) is 5. The molecular formula is C18H25NO4. The van der Waals surface area contributed by atoms with Crippen LogP contribution in [0.25, 0.3) is 0 Å². The van der Waals surface area contributed by atoms with Crippen molar-refractivity contribution in [2.24, 2.45) is 5.41 Å². The van der Waals surface area contributed by atoms with Gasteiger partial charge in [0.05, 0.1) is 18.8 Å². The Morgan fingerprint density at radius 2 is 2.04 bits per heavy atom. The second kappa shape index (κ2) is 6.87. The quantitative estimate of drug-likeness (QED) is 0.779. The lowest BCUT2D eigenvalue weighted by Crippen LogP contribution is -2.60. The van der Waals surface area contributed by atoms with Gasteiger partial charge >= 0.3 is 5.97 Å². The summed E-state index contributed by atoms with van der Waals surface area (Å²) in [7, 11) is 1.55. The summed E-state index contributed by atoms with van der Waals surface area (Å²) < 4.78 is 16.7. The van der Waals surface area contributed by atoms with E-state index in [1.807, 2.05) is 6.92 Å². The predicted octanol–water partition coefficient (Wildman–Crippen LogP) is 3.37. The minimum Gasteiger partial charge on any atom is -0.481 e. The van der Waals surface area contributed by atoms with Gasteiger partial charge in [-0.25, -0.2) is 9.78 Å². The molecule has 2 saturated carbocycles. The molecule has 2 aliphatic rings. The summed E-state index contributed by atoms with van der Waals surface area (Å²) in [6.07, 6.45) is 8.37. The highest BCUT2D eigenvalue weighted by Crippen LogP contribution is 2.54. The third kappa shape index (κ3) is 3.07. The molecule has 3 rings (SSSR count). The van der Waals surface area contributed by atoms with Crippen LogP contribution in [-0.2, 0) is 9.47 Å². The van der Waals surface area contributed by atoms with Gasteiger partial charge in [0.1, 0.15) is 6.10 Å². The van der Waals surface area contributed by atoms with Gasteiger partial charge in [0.2, 0.25) is 5.88 Å². The molecule has 126 valence electrons. The standard InChI is InChI=1S/C18H25NO4/c1-3-22-14-11-15(18(14)9-5-4-6-10-18)23-17(20)13-7-8-16(21-2)19-12-13/h7-8,12,14-15H,3-6,9-11H2,1-2H3/t14-,15+/m1/s1. The number of pyridine rings is 1. The number of carbonyl (C=O) groups excluding carboxylic acids is 1. The number of aromatic nitrogens is 1. The molecule has 1 heterocycles. The Balaban J connectivity index is 1.67. The first-order valence-corrected chi connectivity index (χ1v) is 8.52. The van der Waals surface area contributed by atoms with Crippen molar-refractivity contribution in [3.8, 4) is 5.88 Å². The summed E-state index contributed by atoms with van der Waals surface area (Å²) in [4.78, 5) is 16.5. The van der Waals surface area contributed by atoms with E-state index in [0.717, 1.165) is 25.9 Å². The number of methoxy groups -OCH3 is 1. The van der Waals surface area contributed by atoms with Gasteiger partial charge in [-0.3, -0.25) is 0 Å². The first-order valence-electron chi connectivity index (χ1n) is 8.52. The zero-order chi connectivity index (χ0) is 16.3. The van der Waals surface area contributed by atoms with Crippen molar-refractivity contribution in [3.63, 3.8) is 0 Å². The number of hydrogen-bond donors (Lipinski definition) is 0. The van der Waals surface area contributed by atoms with Crippen LogP contribution in [-0.4, -0.2) is 36.9 Å². The van der Waals surface area contributed by atoms with Crippen LogP contribution in [0.2, 0.25) is 0 Å². The molecule has 1 aromatic rings. The van der Waals surface area contributed by atoms with Gasteiger partial charge in [-0.2, -0.15) is 0 Å². The SMILES string of the molecule is CCO[C@@H]1C[C@H](OC(=O)c2ccc(OC)nc2)C12CCCCC2. The fourth-order valence-electron chi connectivity index (χ4n) is 3.98. The van der Waals surface area contributed by atoms with Gasteiger partial charge in [0.25, 0.3) is 0 Å². The monoisotopic (exact) mass is 319 g/mol. The molecule has 0 N–H and O–H groups in total. The molecule has 0 bridgehead atoms. The molecule has 0 aromatic carbocycles. The summed E-state index contributed by atoms with van der Waals surface area (Å²) in [5.41, 5.74) is 0.501. The molecule has 0 unspecified atom stereocenters. The Bertz CT molecular complexity index is 536. The van der Waals surface area contributed by atoms with E-state index < -0.39 is 0 Å². The van der Waals surface area contributed by atoms with Crippen molar-refractivity contribution < 1.29 is 19.0 Å². The van der Waals surface area contributed by atoms with Crippen LogP contribution in [0.1, 0.15) is 55.8 Å². The van der Waals surface area contributed by atoms with Crippen molar-refractivity contribution >= 4 is 5.97 Å². The van der Waals surface area contributed by atoms with Gasteiger partial charge < -0.3 is 14.2 Å². The molecule has 23 heavy (non-hydrogen) atoms. The fourth-order valence-corrected chi connectivity index (χ4v) is 3.98. The van der Waals surface area contributed by atoms with Crippen molar-refractivity contribution in [1.82, 2.24) is 4.98 Å². The van der Waals surface area contributed by atoms with E-state index in [4.69, 9.17) is 14.2 Å². The van der Waals surface area contributed by atoms with Gasteiger partial charge in [0.15, 0.2) is 0 Å². The molecule has 0 aliphatic heterocycles. The molecule has 2 fully saturated rings. The summed E-state index contributed by atoms with van der Waals surface area (Å²) in [6, 6.07) is 3.37. The highest BCUT2D eigenvalue weighted by molar-refractivity contribution is 5.89. The molecule has 5 heteroatoms. The Hall–Kier alpha value is -1.62. The average Bonchev–Trinajstić information content (AvgIpc) is 2.61. The maximum Gasteiger partial charge on any atom is 0.340 e. The number of nitrogens with zero attached hydrogens (tertiary/aromatic N) is 1. The summed E-state index contributed by atoms with van der Waals surface area (Å²) in [5.74, 6) is 0.190. The number of esters is 1. The van der Waals surface area contributed by atoms with E-state index in [1.54, 1.807) is 19.2 Å². The lowest BCUT2D eigenvalue weighted by atomic mass is 9.56. The van der Waals surface area contributed by atoms with E-state index in [1.165, 1.54) is 25.5 Å². The third-order valence-corrected chi connectivity index (χ3v) is 5.29. The smallest absolute Gasteiger partial charge is 0.340 e. The van der Waals surface area contributed by atoms with Crippen LogP contribution in [0.15, 0.2) is 18.3 Å². The topological polar surface area (TPSA) is 57.7 Å². The van der Waals surface area contributed by atoms with E-state index in [0.29, 0.717) is 11.4 Å². The number of rotatable bonds is 5. The third-order valence-electron chi connectivity index (χ3n) is 5.29. The molecule has 2 atom stereocenters. The first kappa shape index (κ1) is 16.2. The Labute approximate surface area is 137 Å². The molecule has 2 aliphatic carbocycles. The van der Waals surface area contributed by atoms with E-state index in [2.05, 4.69) is 4.98 Å². The van der Waals surface area contributed by atoms with E-state index >= 15 is 0 Å². The van der Waals surface area contributed by atoms with Crippen molar-refractivity contribution in [1.29, 1.82) is 0 Å². The predicted molar refractivity (Wildman–Crippen MR) is 85.5 cm³/mol. The van der Waals surface area contributed by atoms with Crippen molar-refractivity contribution in [3.05, 3.63) is 23.9 Å². The van der Waals surface area contributed by atoms with Crippen molar-refractivity contribution in [2.75, 3.05) is 13.7 Å². The Kier molecular flexibility index (Phi) is 4.85. The zero-order valence-corrected chi connectivity index (χ0v) is 13.9. The summed E-state index contributed by atoms with van der Waals surface area (Å²) in [6.45, 7) is 2.74. The lowest BCUT2D eigenvalue weighted by molar-refractivity contribution is -0.205. The number of ether oxygens (including phenoxy) is 3. The lowest BCUT2D eigenvalue weighted by Gasteiger charge is -2.56. The van der Waals surface area contributed by atoms with Crippen LogP contribution in [0.3, 0.4) is 0 Å². The summed E-state index contributed by atoms with van der Waals surface area (Å²) in [5, 5.41) is 0. The second-order valence-electron chi connectivity index (χ2n) is 6.46. The van der Waals surface area contributed by atoms with Crippen LogP contribution >= 0.6 is 0 Å². The molecular weight excluding hydrogens is 294 g/mol. The van der Waals surface area contributed by atoms with Crippen molar-refractivity contribution in [2.45, 2.75) is 57.7 Å². The Morgan fingerprint density at radius 3 is 2.65 bits per heavy atom. The minimum absolute atomic E-state index is 0.0316. The molecule has 1 aromatic heterocycles. The van der Waals surface area contributed by atoms with E-state index in [9.17, 15) is 4.79 Å². The Morgan fingerprint density at radius 1 is 1.26 bits per heavy atom. The highest BCUT2D eigenvalue weighted by atomic mass is 16.6. The van der Waals surface area contributed by atoms with E-state index in [-0.39, 0.29) is 23.6 Å². The average molecular weight is 319 g/mol. The minimum atomic E-state index is -0.301. The fraction of sp³-hybridized carbons (Fsp3) is 0.667. The maximum atomic E-state index is 12.4. The van der Waals surface area contributed by atoms with Gasteiger partial charge in [-0.15, -0.1) is 0 Å². The van der Waals surface area contributed by atoms with Crippen LogP contribution in [0.4, 0.5) is 0 Å². The van der Waals surface area contributed by atoms with Crippen LogP contribution in [0.5, 0.6) is 5.88 Å². The molecule has 1 spiro atoms. The van der Waals surface area contributed by atoms with Gasteiger partial charge in [-0.1, -0.05) is 19.3 Å². The number of carbonyl (C=O) groups is 1. The van der Waals surface area contributed by atoms with Gasteiger partial charge in [-0.05, 0) is 25.8 Å². The summed E-state index contributed by atoms with van der Waals surface area (Å²) >= 11 is 0. The second-order valence-corrected chi connectivity index (χ2v) is 6.46. The largest absolute Gasteiger partial charge is 0.481 e. The van der Waals surface area contributed by atoms with Crippen LogP contribution in [0, 0.1) is 5.41 Å². The molecule has 5 nitrogen and oxygen atoms in total. The zero-order valence-electron chi connectivity index (χ0n) is 13.9. The first-order chi connectivity index (χ1) is 11.2.